The molecule has 0 saturated carbocycles. The zero-order valence-electron chi connectivity index (χ0n) is 10.8. The topological polar surface area (TPSA) is 71.8 Å². The van der Waals surface area contributed by atoms with Crippen LogP contribution < -0.4 is 0 Å². The number of nitrogens with zero attached hydrogens (tertiary/aromatic N) is 2. The van der Waals surface area contributed by atoms with Crippen LogP contribution in [0.1, 0.15) is 0 Å². The van der Waals surface area contributed by atoms with Gasteiger partial charge in [0.05, 0.1) is 21.9 Å². The van der Waals surface area contributed by atoms with Gasteiger partial charge >= 0.3 is 0 Å². The number of nitrogens with one attached hydrogen (secondary N) is 1. The summed E-state index contributed by atoms with van der Waals surface area (Å²) in [7, 11) is 0. The molecule has 3 rings (SSSR count). The van der Waals surface area contributed by atoms with Gasteiger partial charge in [-0.05, 0) is 24.3 Å². The molecule has 1 aromatic heterocycles. The number of aromatic nitrogens is 2. The van der Waals surface area contributed by atoms with Gasteiger partial charge < -0.3 is 0 Å². The van der Waals surface area contributed by atoms with Gasteiger partial charge in [0.2, 0.25) is 0 Å². The molecular weight excluding hydrogens is 273 g/mol. The van der Waals surface area contributed by atoms with Crippen molar-refractivity contribution in [1.82, 2.24) is 10.2 Å². The molecule has 21 heavy (non-hydrogen) atoms. The Bertz CT molecular complexity index is 814. The van der Waals surface area contributed by atoms with E-state index in [1.54, 1.807) is 42.5 Å². The van der Waals surface area contributed by atoms with Gasteiger partial charge in [-0.25, -0.2) is 4.39 Å². The van der Waals surface area contributed by atoms with E-state index in [0.29, 0.717) is 22.5 Å². The second-order valence-corrected chi connectivity index (χ2v) is 4.42. The second kappa shape index (κ2) is 5.16. The van der Waals surface area contributed by atoms with Crippen LogP contribution in [-0.4, -0.2) is 15.1 Å². The van der Waals surface area contributed by atoms with Gasteiger partial charge in [0.25, 0.3) is 5.69 Å². The zero-order chi connectivity index (χ0) is 14.8. The van der Waals surface area contributed by atoms with Gasteiger partial charge in [0.15, 0.2) is 0 Å². The summed E-state index contributed by atoms with van der Waals surface area (Å²) in [5.74, 6) is -0.391. The number of halogens is 1. The fraction of sp³-hybridized carbons (Fsp3) is 0. The third-order valence-electron chi connectivity index (χ3n) is 3.12. The lowest BCUT2D eigenvalue weighted by Crippen LogP contribution is -1.91. The van der Waals surface area contributed by atoms with Crippen molar-refractivity contribution in [3.05, 3.63) is 70.5 Å². The summed E-state index contributed by atoms with van der Waals surface area (Å²) in [4.78, 5) is 10.6. The molecule has 6 heteroatoms. The van der Waals surface area contributed by atoms with Crippen molar-refractivity contribution in [2.45, 2.75) is 0 Å². The van der Waals surface area contributed by atoms with E-state index in [1.165, 1.54) is 12.1 Å². The maximum Gasteiger partial charge on any atom is 0.278 e. The fourth-order valence-electron chi connectivity index (χ4n) is 2.13. The highest BCUT2D eigenvalue weighted by Gasteiger charge is 2.17. The number of rotatable bonds is 3. The number of nitro groups is 1. The first-order valence-electron chi connectivity index (χ1n) is 6.21. The predicted octanol–water partition coefficient (Wildman–Crippen LogP) is 3.79. The first-order valence-corrected chi connectivity index (χ1v) is 6.21. The molecule has 0 radical (unpaired) electrons. The molecule has 0 atom stereocenters. The molecule has 5 nitrogen and oxygen atoms in total. The first-order chi connectivity index (χ1) is 10.2. The van der Waals surface area contributed by atoms with Crippen molar-refractivity contribution in [3.63, 3.8) is 0 Å². The van der Waals surface area contributed by atoms with E-state index in [-0.39, 0.29) is 5.69 Å². The molecule has 104 valence electrons. The summed E-state index contributed by atoms with van der Waals surface area (Å²) in [6.45, 7) is 0. The van der Waals surface area contributed by atoms with E-state index in [2.05, 4.69) is 10.2 Å². The van der Waals surface area contributed by atoms with E-state index < -0.39 is 10.7 Å². The molecule has 0 spiro atoms. The van der Waals surface area contributed by atoms with Crippen LogP contribution in [-0.2, 0) is 0 Å². The summed E-state index contributed by atoms with van der Waals surface area (Å²) >= 11 is 0. The number of hydrogen-bond acceptors (Lipinski definition) is 3. The normalized spacial score (nSPS) is 10.5. The third-order valence-corrected chi connectivity index (χ3v) is 3.12. The minimum absolute atomic E-state index is 0.0266. The summed E-state index contributed by atoms with van der Waals surface area (Å²) in [5, 5.41) is 17.8. The number of nitro benzene ring substituents is 1. The monoisotopic (exact) mass is 283 g/mol. The standard InChI is InChI=1S/C15H10FN3O2/c16-12-7-3-1-5-10(12)13-9-14(18-17-13)11-6-2-4-8-15(11)19(20)21/h1-9H,(H,17,18). The lowest BCUT2D eigenvalue weighted by atomic mass is 10.1. The Hall–Kier alpha value is -3.02. The number of hydrogen-bond donors (Lipinski definition) is 1. The minimum Gasteiger partial charge on any atom is -0.277 e. The Morgan fingerprint density at radius 3 is 2.43 bits per heavy atom. The summed E-state index contributed by atoms with van der Waals surface area (Å²) in [5.41, 5.74) is 1.61. The van der Waals surface area contributed by atoms with Gasteiger partial charge in [-0.3, -0.25) is 15.2 Å². The second-order valence-electron chi connectivity index (χ2n) is 4.42. The Balaban J connectivity index is 2.08. The van der Waals surface area contributed by atoms with Crippen molar-refractivity contribution < 1.29 is 9.31 Å². The Morgan fingerprint density at radius 2 is 1.71 bits per heavy atom. The summed E-state index contributed by atoms with van der Waals surface area (Å²) in [6.07, 6.45) is 0. The molecule has 0 aliphatic rings. The number of benzene rings is 2. The van der Waals surface area contributed by atoms with Crippen molar-refractivity contribution >= 4 is 5.69 Å². The number of aromatic amines is 1. The van der Waals surface area contributed by atoms with Crippen LogP contribution in [0.4, 0.5) is 10.1 Å². The molecule has 1 heterocycles. The van der Waals surface area contributed by atoms with Crippen molar-refractivity contribution in [2.75, 3.05) is 0 Å². The van der Waals surface area contributed by atoms with Gasteiger partial charge in [-0.2, -0.15) is 5.10 Å². The first kappa shape index (κ1) is 13.0. The molecule has 0 unspecified atom stereocenters. The fourth-order valence-corrected chi connectivity index (χ4v) is 2.13. The van der Waals surface area contributed by atoms with Gasteiger partial charge in [0, 0.05) is 11.6 Å². The average molecular weight is 283 g/mol. The Kier molecular flexibility index (Phi) is 3.19. The van der Waals surface area contributed by atoms with Gasteiger partial charge in [-0.15, -0.1) is 0 Å². The van der Waals surface area contributed by atoms with Crippen LogP contribution in [0.2, 0.25) is 0 Å². The molecule has 0 aliphatic heterocycles. The molecule has 0 fully saturated rings. The van der Waals surface area contributed by atoms with Crippen LogP contribution in [0.25, 0.3) is 22.5 Å². The summed E-state index contributed by atoms with van der Waals surface area (Å²) in [6, 6.07) is 14.2. The smallest absolute Gasteiger partial charge is 0.277 e. The van der Waals surface area contributed by atoms with E-state index >= 15 is 0 Å². The summed E-state index contributed by atoms with van der Waals surface area (Å²) < 4.78 is 13.7. The molecule has 0 aliphatic carbocycles. The predicted molar refractivity (Wildman–Crippen MR) is 76.1 cm³/mol. The van der Waals surface area contributed by atoms with Crippen LogP contribution in [0.3, 0.4) is 0 Å². The SMILES string of the molecule is O=[N+]([O-])c1ccccc1-c1cc(-c2ccccc2F)n[nH]1. The molecule has 0 amide bonds. The van der Waals surface area contributed by atoms with E-state index in [0.717, 1.165) is 0 Å². The lowest BCUT2D eigenvalue weighted by Gasteiger charge is -1.99. The molecule has 0 saturated heterocycles. The molecule has 3 aromatic rings. The maximum atomic E-state index is 13.7. The lowest BCUT2D eigenvalue weighted by molar-refractivity contribution is -0.384. The van der Waals surface area contributed by atoms with Crippen molar-refractivity contribution in [2.24, 2.45) is 0 Å². The van der Waals surface area contributed by atoms with Gasteiger partial charge in [-0.1, -0.05) is 24.3 Å². The highest BCUT2D eigenvalue weighted by Crippen LogP contribution is 2.31. The maximum absolute atomic E-state index is 13.7. The average Bonchev–Trinajstić information content (AvgIpc) is 2.97. The molecule has 1 N–H and O–H groups in total. The zero-order valence-corrected chi connectivity index (χ0v) is 10.8. The van der Waals surface area contributed by atoms with E-state index in [4.69, 9.17) is 0 Å². The van der Waals surface area contributed by atoms with Crippen LogP contribution in [0, 0.1) is 15.9 Å². The van der Waals surface area contributed by atoms with Crippen LogP contribution in [0.5, 0.6) is 0 Å². The minimum atomic E-state index is -0.459. The Morgan fingerprint density at radius 1 is 1.05 bits per heavy atom. The van der Waals surface area contributed by atoms with Crippen LogP contribution >= 0.6 is 0 Å². The molecule has 0 bridgehead atoms. The highest BCUT2D eigenvalue weighted by atomic mass is 19.1. The largest absolute Gasteiger partial charge is 0.278 e. The van der Waals surface area contributed by atoms with Crippen LogP contribution in [0.15, 0.2) is 54.6 Å². The Labute approximate surface area is 119 Å². The van der Waals surface area contributed by atoms with E-state index in [1.807, 2.05) is 0 Å². The molecular formula is C15H10FN3O2. The number of H-pyrrole nitrogens is 1. The quantitative estimate of drug-likeness (QED) is 0.587. The third kappa shape index (κ3) is 2.38. The van der Waals surface area contributed by atoms with E-state index in [9.17, 15) is 14.5 Å². The van der Waals surface area contributed by atoms with Gasteiger partial charge in [0.1, 0.15) is 5.82 Å². The number of para-hydroxylation sites is 1. The molecule has 2 aromatic carbocycles. The van der Waals surface area contributed by atoms with Crippen molar-refractivity contribution in [3.8, 4) is 22.5 Å². The highest BCUT2D eigenvalue weighted by molar-refractivity contribution is 5.74. The van der Waals surface area contributed by atoms with Crippen molar-refractivity contribution in [1.29, 1.82) is 0 Å².